The first-order valence-electron chi connectivity index (χ1n) is 12.5. The fourth-order valence-electron chi connectivity index (χ4n) is 4.17. The van der Waals surface area contributed by atoms with Crippen molar-refractivity contribution in [3.63, 3.8) is 0 Å². The zero-order valence-electron chi connectivity index (χ0n) is 22.3. The van der Waals surface area contributed by atoms with Crippen molar-refractivity contribution in [2.75, 3.05) is 34.9 Å². The van der Waals surface area contributed by atoms with Crippen molar-refractivity contribution in [2.24, 2.45) is 9.98 Å². The monoisotopic (exact) mass is 634 g/mol. The molecular formula is C28H26Cl4N6O3. The molecule has 0 bridgehead atoms. The fraction of sp³-hybridized carbons (Fsp3) is 0.214. The first kappa shape index (κ1) is 30.6. The molecule has 13 heteroatoms. The Hall–Kier alpha value is -3.34. The second kappa shape index (κ2) is 13.1. The Morgan fingerprint density at radius 2 is 1.71 bits per heavy atom. The number of hydrazine groups is 1. The highest BCUT2D eigenvalue weighted by Crippen LogP contribution is 2.38. The number of rotatable bonds is 8. The number of benzene rings is 3. The number of nitrogens with one attached hydrogen (secondary N) is 2. The molecule has 0 aromatic heterocycles. The van der Waals surface area contributed by atoms with Gasteiger partial charge < -0.3 is 15.3 Å². The van der Waals surface area contributed by atoms with Crippen LogP contribution in [0.2, 0.25) is 20.1 Å². The topological polar surface area (TPSA) is 110 Å². The predicted molar refractivity (Wildman–Crippen MR) is 168 cm³/mol. The van der Waals surface area contributed by atoms with Crippen molar-refractivity contribution < 1.29 is 14.7 Å². The normalized spacial score (nSPS) is 15.0. The van der Waals surface area contributed by atoms with Crippen molar-refractivity contribution in [2.45, 2.75) is 20.8 Å². The van der Waals surface area contributed by atoms with E-state index in [9.17, 15) is 14.7 Å². The third kappa shape index (κ3) is 6.94. The van der Waals surface area contributed by atoms with Crippen LogP contribution in [0.25, 0.3) is 0 Å². The van der Waals surface area contributed by atoms with Gasteiger partial charge >= 0.3 is 0 Å². The Labute approximate surface area is 257 Å². The predicted octanol–water partition coefficient (Wildman–Crippen LogP) is 6.74. The van der Waals surface area contributed by atoms with Crippen LogP contribution >= 0.6 is 46.4 Å². The zero-order valence-corrected chi connectivity index (χ0v) is 25.3. The highest BCUT2D eigenvalue weighted by atomic mass is 35.5. The number of aliphatic hydroxyl groups is 1. The molecule has 1 saturated heterocycles. The summed E-state index contributed by atoms with van der Waals surface area (Å²) in [4.78, 5) is 36.7. The Balaban J connectivity index is 1.84. The summed E-state index contributed by atoms with van der Waals surface area (Å²) >= 11 is 25.4. The van der Waals surface area contributed by atoms with Gasteiger partial charge in [0.05, 0.1) is 33.0 Å². The van der Waals surface area contributed by atoms with E-state index in [0.717, 1.165) is 16.3 Å². The quantitative estimate of drug-likeness (QED) is 0.254. The molecule has 0 unspecified atom stereocenters. The minimum Gasteiger partial charge on any atom is -0.395 e. The largest absolute Gasteiger partial charge is 0.395 e. The number of carbonyl (C=O) groups is 2. The summed E-state index contributed by atoms with van der Waals surface area (Å²) in [5.41, 5.74) is 6.09. The zero-order chi connectivity index (χ0) is 29.8. The molecule has 41 heavy (non-hydrogen) atoms. The van der Waals surface area contributed by atoms with E-state index in [4.69, 9.17) is 46.4 Å². The summed E-state index contributed by atoms with van der Waals surface area (Å²) < 4.78 is 0. The van der Waals surface area contributed by atoms with Gasteiger partial charge in [0, 0.05) is 36.4 Å². The number of aliphatic imine (C=N–C) groups is 2. The molecule has 214 valence electrons. The summed E-state index contributed by atoms with van der Waals surface area (Å²) in [6.45, 7) is 6.48. The van der Waals surface area contributed by atoms with E-state index in [1.54, 1.807) is 24.3 Å². The minimum atomic E-state index is -0.567. The summed E-state index contributed by atoms with van der Waals surface area (Å²) in [6.07, 6.45) is 0. The number of aryl methyl sites for hydroxylation is 1. The molecule has 1 fully saturated rings. The molecule has 0 saturated carbocycles. The van der Waals surface area contributed by atoms with Gasteiger partial charge in [-0.1, -0.05) is 46.4 Å². The highest BCUT2D eigenvalue weighted by molar-refractivity contribution is 6.72. The molecule has 2 amide bonds. The van der Waals surface area contributed by atoms with E-state index >= 15 is 0 Å². The summed E-state index contributed by atoms with van der Waals surface area (Å²) in [6, 6.07) is 13.3. The van der Waals surface area contributed by atoms with Gasteiger partial charge in [-0.2, -0.15) is 0 Å². The van der Waals surface area contributed by atoms with Gasteiger partial charge in [0.15, 0.2) is 11.5 Å². The summed E-state index contributed by atoms with van der Waals surface area (Å²) in [7, 11) is 0. The van der Waals surface area contributed by atoms with E-state index in [-0.39, 0.29) is 50.5 Å². The van der Waals surface area contributed by atoms with Crippen LogP contribution in [-0.2, 0) is 9.59 Å². The molecule has 3 aromatic carbocycles. The maximum absolute atomic E-state index is 13.8. The van der Waals surface area contributed by atoms with Crippen molar-refractivity contribution in [3.8, 4) is 0 Å². The lowest BCUT2D eigenvalue weighted by Gasteiger charge is -2.22. The Morgan fingerprint density at radius 1 is 1.00 bits per heavy atom. The molecule has 4 rings (SSSR count). The lowest BCUT2D eigenvalue weighted by molar-refractivity contribution is -0.114. The molecular weight excluding hydrogens is 610 g/mol. The number of likely N-dealkylation sites (N-methyl/N-ethyl adjacent to an activating group) is 1. The third-order valence-electron chi connectivity index (χ3n) is 6.08. The SMILES string of the molecule is CCN(CCO)c1ccc(N=C2C(=O)N(c3c(Cl)cc(Cl)cc3Cl)NC2=Nc2cc(NC(C)=O)ccc2Cl)c(C)c1. The summed E-state index contributed by atoms with van der Waals surface area (Å²) in [5, 5.41) is 14.1. The van der Waals surface area contributed by atoms with Crippen LogP contribution in [0, 0.1) is 6.92 Å². The number of aliphatic hydroxyl groups excluding tert-OH is 1. The number of carbonyl (C=O) groups excluding carboxylic acids is 2. The van der Waals surface area contributed by atoms with E-state index in [0.29, 0.717) is 29.5 Å². The van der Waals surface area contributed by atoms with Crippen LogP contribution in [0.5, 0.6) is 0 Å². The van der Waals surface area contributed by atoms with Crippen LogP contribution in [0.1, 0.15) is 19.4 Å². The van der Waals surface area contributed by atoms with Crippen LogP contribution in [-0.4, -0.2) is 48.2 Å². The van der Waals surface area contributed by atoms with Crippen molar-refractivity contribution in [1.29, 1.82) is 0 Å². The molecule has 3 aromatic rings. The molecule has 0 spiro atoms. The van der Waals surface area contributed by atoms with Gasteiger partial charge in [0.1, 0.15) is 5.69 Å². The molecule has 0 aliphatic carbocycles. The maximum Gasteiger partial charge on any atom is 0.299 e. The van der Waals surface area contributed by atoms with Gasteiger partial charge in [-0.3, -0.25) is 15.0 Å². The number of amidine groups is 1. The van der Waals surface area contributed by atoms with E-state index in [2.05, 4.69) is 20.7 Å². The smallest absolute Gasteiger partial charge is 0.299 e. The third-order valence-corrected chi connectivity index (χ3v) is 7.20. The van der Waals surface area contributed by atoms with Crippen LogP contribution in [0.4, 0.5) is 28.4 Å². The Bertz CT molecular complexity index is 1550. The molecule has 1 aliphatic heterocycles. The fourth-order valence-corrected chi connectivity index (χ4v) is 5.32. The number of hydrogen-bond donors (Lipinski definition) is 3. The van der Waals surface area contributed by atoms with Crippen LogP contribution < -0.4 is 20.7 Å². The first-order valence-corrected chi connectivity index (χ1v) is 14.0. The van der Waals surface area contributed by atoms with Crippen molar-refractivity contribution >= 4 is 98.2 Å². The van der Waals surface area contributed by atoms with Crippen LogP contribution in [0.3, 0.4) is 0 Å². The van der Waals surface area contributed by atoms with E-state index < -0.39 is 5.91 Å². The lowest BCUT2D eigenvalue weighted by Crippen LogP contribution is -2.36. The van der Waals surface area contributed by atoms with Crippen LogP contribution in [0.15, 0.2) is 58.5 Å². The maximum atomic E-state index is 13.8. The number of amides is 2. The van der Waals surface area contributed by atoms with Gasteiger partial charge in [0.2, 0.25) is 5.91 Å². The van der Waals surface area contributed by atoms with E-state index in [1.165, 1.54) is 19.1 Å². The van der Waals surface area contributed by atoms with Gasteiger partial charge in [-0.05, 0) is 67.9 Å². The molecule has 3 N–H and O–H groups in total. The van der Waals surface area contributed by atoms with Gasteiger partial charge in [-0.25, -0.2) is 15.0 Å². The lowest BCUT2D eigenvalue weighted by atomic mass is 10.1. The molecule has 1 heterocycles. The number of hydrogen-bond acceptors (Lipinski definition) is 6. The standard InChI is InChI=1S/C28H26Cl4N6O3/c1-4-37(9-10-39)19-6-8-23(15(2)11-19)34-25-27(35-24-14-18(33-16(3)40)5-7-20(24)30)36-38(28(25)41)26-21(31)12-17(29)13-22(26)32/h5-8,11-14,39H,4,9-10H2,1-3H3,(H,33,40)(H,35,36). The number of anilines is 3. The number of halogens is 4. The molecule has 9 nitrogen and oxygen atoms in total. The van der Waals surface area contributed by atoms with Gasteiger partial charge in [-0.15, -0.1) is 0 Å². The van der Waals surface area contributed by atoms with E-state index in [1.807, 2.05) is 30.9 Å². The van der Waals surface area contributed by atoms with Crippen molar-refractivity contribution in [3.05, 3.63) is 74.2 Å². The average molecular weight is 636 g/mol. The highest BCUT2D eigenvalue weighted by Gasteiger charge is 2.37. The Morgan fingerprint density at radius 3 is 2.32 bits per heavy atom. The minimum absolute atomic E-state index is 0.0216. The second-order valence-electron chi connectivity index (χ2n) is 9.01. The Kier molecular flexibility index (Phi) is 9.78. The summed E-state index contributed by atoms with van der Waals surface area (Å²) in [5.74, 6) is -0.749. The van der Waals surface area contributed by atoms with Gasteiger partial charge in [0.25, 0.3) is 5.91 Å². The molecule has 0 radical (unpaired) electrons. The molecule has 0 atom stereocenters. The molecule has 1 aliphatic rings. The van der Waals surface area contributed by atoms with Crippen molar-refractivity contribution in [1.82, 2.24) is 5.43 Å². The number of nitrogens with zero attached hydrogens (tertiary/aromatic N) is 4. The first-order chi connectivity index (χ1) is 19.5. The second-order valence-corrected chi connectivity index (χ2v) is 10.7. The average Bonchev–Trinajstić information content (AvgIpc) is 3.19.